The second-order valence-corrected chi connectivity index (χ2v) is 4.96. The summed E-state index contributed by atoms with van der Waals surface area (Å²) in [5.41, 5.74) is 6.04. The lowest BCUT2D eigenvalue weighted by Gasteiger charge is -2.21. The van der Waals surface area contributed by atoms with Gasteiger partial charge in [-0.25, -0.2) is 0 Å². The van der Waals surface area contributed by atoms with Crippen molar-refractivity contribution in [3.05, 3.63) is 24.2 Å². The van der Waals surface area contributed by atoms with E-state index in [1.807, 2.05) is 12.1 Å². The lowest BCUT2D eigenvalue weighted by molar-refractivity contribution is 0.0630. The molecule has 3 heteroatoms. The van der Waals surface area contributed by atoms with E-state index in [4.69, 9.17) is 14.9 Å². The zero-order valence-electron chi connectivity index (χ0n) is 10.4. The van der Waals surface area contributed by atoms with Gasteiger partial charge < -0.3 is 14.9 Å². The van der Waals surface area contributed by atoms with Crippen LogP contribution >= 0.6 is 0 Å². The summed E-state index contributed by atoms with van der Waals surface area (Å²) in [7, 11) is 0. The summed E-state index contributed by atoms with van der Waals surface area (Å²) < 4.78 is 10.7. The highest BCUT2D eigenvalue weighted by Crippen LogP contribution is 2.23. The van der Waals surface area contributed by atoms with Crippen LogP contribution < -0.4 is 5.73 Å². The Kier molecular flexibility index (Phi) is 5.08. The molecule has 3 nitrogen and oxygen atoms in total. The predicted octanol–water partition coefficient (Wildman–Crippen LogP) is 3.27. The zero-order chi connectivity index (χ0) is 11.9. The van der Waals surface area contributed by atoms with Gasteiger partial charge in [-0.3, -0.25) is 0 Å². The van der Waals surface area contributed by atoms with E-state index >= 15 is 0 Å². The minimum atomic E-state index is 0.0692. The molecule has 2 rings (SSSR count). The molecule has 0 radical (unpaired) electrons. The first-order chi connectivity index (χ1) is 8.36. The molecule has 96 valence electrons. The largest absolute Gasteiger partial charge is 0.468 e. The van der Waals surface area contributed by atoms with E-state index < -0.39 is 0 Å². The van der Waals surface area contributed by atoms with Crippen molar-refractivity contribution < 1.29 is 9.15 Å². The second kappa shape index (κ2) is 6.82. The third-order valence-corrected chi connectivity index (χ3v) is 3.63. The van der Waals surface area contributed by atoms with Crippen LogP contribution in [-0.2, 0) is 4.74 Å². The van der Waals surface area contributed by atoms with Crippen LogP contribution in [0.5, 0.6) is 0 Å². The van der Waals surface area contributed by atoms with Gasteiger partial charge in [0.05, 0.1) is 12.3 Å². The van der Waals surface area contributed by atoms with Crippen molar-refractivity contribution in [1.29, 1.82) is 0 Å². The van der Waals surface area contributed by atoms with Gasteiger partial charge in [0.25, 0.3) is 0 Å². The van der Waals surface area contributed by atoms with Gasteiger partial charge >= 0.3 is 0 Å². The molecule has 0 saturated carbocycles. The van der Waals surface area contributed by atoms with Crippen LogP contribution in [0, 0.1) is 5.92 Å². The average molecular weight is 237 g/mol. The van der Waals surface area contributed by atoms with Crippen molar-refractivity contribution in [3.63, 3.8) is 0 Å². The van der Waals surface area contributed by atoms with Gasteiger partial charge in [-0.1, -0.05) is 19.3 Å². The molecule has 1 atom stereocenters. The van der Waals surface area contributed by atoms with Gasteiger partial charge in [-0.05, 0) is 37.3 Å². The van der Waals surface area contributed by atoms with Gasteiger partial charge in [0.15, 0.2) is 0 Å². The molecule has 1 aliphatic rings. The molecule has 1 unspecified atom stereocenters. The van der Waals surface area contributed by atoms with Gasteiger partial charge in [0, 0.05) is 13.2 Å². The molecule has 17 heavy (non-hydrogen) atoms. The summed E-state index contributed by atoms with van der Waals surface area (Å²) in [6.45, 7) is 1.91. The van der Waals surface area contributed by atoms with Crippen LogP contribution in [0.25, 0.3) is 0 Å². The van der Waals surface area contributed by atoms with Crippen molar-refractivity contribution in [1.82, 2.24) is 0 Å². The maximum atomic E-state index is 6.04. The summed E-state index contributed by atoms with van der Waals surface area (Å²) in [4.78, 5) is 0. The van der Waals surface area contributed by atoms with E-state index in [0.29, 0.717) is 0 Å². The topological polar surface area (TPSA) is 48.4 Å². The van der Waals surface area contributed by atoms with E-state index in [1.54, 1.807) is 6.26 Å². The average Bonchev–Trinajstić information content (AvgIpc) is 2.89. The van der Waals surface area contributed by atoms with Crippen molar-refractivity contribution in [2.45, 2.75) is 44.6 Å². The second-order valence-electron chi connectivity index (χ2n) is 4.96. The smallest absolute Gasteiger partial charge is 0.120 e. The van der Waals surface area contributed by atoms with Gasteiger partial charge in [0.2, 0.25) is 0 Å². The molecule has 0 aliphatic carbocycles. The first-order valence-electron chi connectivity index (χ1n) is 6.73. The van der Waals surface area contributed by atoms with E-state index in [9.17, 15) is 0 Å². The number of ether oxygens (including phenoxy) is 1. The number of hydrogen-bond donors (Lipinski definition) is 1. The predicted molar refractivity (Wildman–Crippen MR) is 67.6 cm³/mol. The number of rotatable bonds is 6. The number of nitrogens with two attached hydrogens (primary N) is 1. The Balaban J connectivity index is 1.56. The quantitative estimate of drug-likeness (QED) is 0.772. The highest BCUT2D eigenvalue weighted by atomic mass is 16.5. The first kappa shape index (κ1) is 12.7. The van der Waals surface area contributed by atoms with Gasteiger partial charge in [-0.15, -0.1) is 0 Å². The lowest BCUT2D eigenvalue weighted by Crippen LogP contribution is -2.15. The molecule has 1 aromatic heterocycles. The van der Waals surface area contributed by atoms with Crippen molar-refractivity contribution >= 4 is 0 Å². The van der Waals surface area contributed by atoms with Crippen LogP contribution in [0.2, 0.25) is 0 Å². The SMILES string of the molecule is NC(CCCCC1CCOCC1)c1ccco1. The molecule has 1 aliphatic heterocycles. The Bertz CT molecular complexity index is 291. The summed E-state index contributed by atoms with van der Waals surface area (Å²) >= 11 is 0. The standard InChI is InChI=1S/C14H23NO2/c15-13(14-6-3-9-17-14)5-2-1-4-12-7-10-16-11-8-12/h3,6,9,12-13H,1-2,4-5,7-8,10-11,15H2. The fraction of sp³-hybridized carbons (Fsp3) is 0.714. The molecule has 1 aromatic rings. The molecule has 2 N–H and O–H groups in total. The molecule has 0 bridgehead atoms. The normalized spacial score (nSPS) is 19.4. The number of furan rings is 1. The number of hydrogen-bond acceptors (Lipinski definition) is 3. The zero-order valence-corrected chi connectivity index (χ0v) is 10.4. The minimum Gasteiger partial charge on any atom is -0.468 e. The van der Waals surface area contributed by atoms with Crippen molar-refractivity contribution in [2.75, 3.05) is 13.2 Å². The molecule has 1 saturated heterocycles. The summed E-state index contributed by atoms with van der Waals surface area (Å²) in [6.07, 6.45) is 9.00. The minimum absolute atomic E-state index is 0.0692. The van der Waals surface area contributed by atoms with Crippen LogP contribution in [-0.4, -0.2) is 13.2 Å². The highest BCUT2D eigenvalue weighted by Gasteiger charge is 2.14. The molecule has 1 fully saturated rings. The Labute approximate surface area is 103 Å². The van der Waals surface area contributed by atoms with Crippen molar-refractivity contribution in [3.8, 4) is 0 Å². The lowest BCUT2D eigenvalue weighted by atomic mass is 9.93. The Morgan fingerprint density at radius 3 is 2.82 bits per heavy atom. The molecule has 0 amide bonds. The van der Waals surface area contributed by atoms with Crippen LogP contribution in [0.15, 0.2) is 22.8 Å². The van der Waals surface area contributed by atoms with Crippen LogP contribution in [0.4, 0.5) is 0 Å². The summed E-state index contributed by atoms with van der Waals surface area (Å²) in [5, 5.41) is 0. The maximum Gasteiger partial charge on any atom is 0.120 e. The first-order valence-corrected chi connectivity index (χ1v) is 6.73. The molecular formula is C14H23NO2. The third-order valence-electron chi connectivity index (χ3n) is 3.63. The number of unbranched alkanes of at least 4 members (excludes halogenated alkanes) is 1. The fourth-order valence-electron chi connectivity index (χ4n) is 2.48. The molecular weight excluding hydrogens is 214 g/mol. The van der Waals surface area contributed by atoms with E-state index in [2.05, 4.69) is 0 Å². The van der Waals surface area contributed by atoms with Crippen LogP contribution in [0.3, 0.4) is 0 Å². The van der Waals surface area contributed by atoms with Gasteiger partial charge in [-0.2, -0.15) is 0 Å². The Morgan fingerprint density at radius 1 is 1.29 bits per heavy atom. The monoisotopic (exact) mass is 237 g/mol. The molecule has 2 heterocycles. The van der Waals surface area contributed by atoms with E-state index in [0.717, 1.165) is 31.3 Å². The molecule has 0 spiro atoms. The van der Waals surface area contributed by atoms with E-state index in [-0.39, 0.29) is 6.04 Å². The fourth-order valence-corrected chi connectivity index (χ4v) is 2.48. The maximum absolute atomic E-state index is 6.04. The van der Waals surface area contributed by atoms with E-state index in [1.165, 1.54) is 32.1 Å². The molecule has 0 aromatic carbocycles. The summed E-state index contributed by atoms with van der Waals surface area (Å²) in [6, 6.07) is 3.93. The summed E-state index contributed by atoms with van der Waals surface area (Å²) in [5.74, 6) is 1.79. The van der Waals surface area contributed by atoms with Crippen LogP contribution in [0.1, 0.15) is 50.3 Å². The Morgan fingerprint density at radius 2 is 2.12 bits per heavy atom. The van der Waals surface area contributed by atoms with Gasteiger partial charge in [0.1, 0.15) is 5.76 Å². The highest BCUT2D eigenvalue weighted by molar-refractivity contribution is 5.03. The van der Waals surface area contributed by atoms with Crippen molar-refractivity contribution in [2.24, 2.45) is 11.7 Å². The third kappa shape index (κ3) is 4.17. The Hall–Kier alpha value is -0.800.